The summed E-state index contributed by atoms with van der Waals surface area (Å²) in [5, 5.41) is -0.549. The van der Waals surface area contributed by atoms with Gasteiger partial charge in [0, 0.05) is 5.69 Å². The molecule has 0 saturated carbocycles. The Morgan fingerprint density at radius 3 is 2.24 bits per heavy atom. The minimum atomic E-state index is -3.87. The number of rotatable bonds is 3. The highest BCUT2D eigenvalue weighted by Crippen LogP contribution is 2.29. The predicted molar refractivity (Wildman–Crippen MR) is 82.8 cm³/mol. The predicted octanol–water partition coefficient (Wildman–Crippen LogP) is 3.82. The lowest BCUT2D eigenvalue weighted by Crippen LogP contribution is -2.13. The molecule has 112 valence electrons. The van der Waals surface area contributed by atoms with Crippen molar-refractivity contribution in [3.63, 3.8) is 0 Å². The Hall–Kier alpha value is -1.50. The third-order valence-electron chi connectivity index (χ3n) is 2.80. The molecule has 21 heavy (non-hydrogen) atoms. The summed E-state index contributed by atoms with van der Waals surface area (Å²) in [5.41, 5.74) is 6.88. The Kier molecular flexibility index (Phi) is 4.32. The first-order chi connectivity index (χ1) is 9.70. The molecule has 8 heteroatoms. The fraction of sp³-hybridized carbons (Fsp3) is 0.0769. The maximum Gasteiger partial charge on any atom is 0.261 e. The number of anilines is 2. The van der Waals surface area contributed by atoms with Gasteiger partial charge in [0.05, 0.1) is 20.6 Å². The molecule has 2 aromatic rings. The molecule has 0 unspecified atom stereocenters. The molecule has 0 amide bonds. The zero-order valence-corrected chi connectivity index (χ0v) is 13.2. The monoisotopic (exact) mass is 348 g/mol. The highest BCUT2D eigenvalue weighted by atomic mass is 35.5. The number of nitrogens with one attached hydrogen (secondary N) is 1. The minimum absolute atomic E-state index is 0.0119. The van der Waals surface area contributed by atoms with E-state index in [1.54, 1.807) is 13.0 Å². The summed E-state index contributed by atoms with van der Waals surface area (Å²) >= 11 is 11.3. The minimum Gasteiger partial charge on any atom is -0.398 e. The van der Waals surface area contributed by atoms with Crippen molar-refractivity contribution in [3.05, 3.63) is 51.8 Å². The molecular weight excluding hydrogens is 338 g/mol. The van der Waals surface area contributed by atoms with Gasteiger partial charge in [0.15, 0.2) is 5.82 Å². The van der Waals surface area contributed by atoms with E-state index >= 15 is 0 Å². The van der Waals surface area contributed by atoms with E-state index in [4.69, 9.17) is 28.9 Å². The summed E-state index contributed by atoms with van der Waals surface area (Å²) in [7, 11) is -3.87. The number of hydrogen-bond acceptors (Lipinski definition) is 3. The average Bonchev–Trinajstić information content (AvgIpc) is 2.38. The number of halogens is 3. The lowest BCUT2D eigenvalue weighted by atomic mass is 10.2. The van der Waals surface area contributed by atoms with E-state index in [0.717, 1.165) is 17.7 Å². The SMILES string of the molecule is Cc1ccc(S(=O)(=O)Nc2cc(Cl)c(F)c(Cl)c2)cc1N. The topological polar surface area (TPSA) is 72.2 Å². The molecule has 3 N–H and O–H groups in total. The molecular formula is C13H11Cl2FN2O2S. The molecule has 0 saturated heterocycles. The fourth-order valence-corrected chi connectivity index (χ4v) is 3.18. The van der Waals surface area contributed by atoms with Gasteiger partial charge in [0.25, 0.3) is 10.0 Å². The smallest absolute Gasteiger partial charge is 0.261 e. The molecule has 0 aliphatic rings. The normalized spacial score (nSPS) is 11.4. The molecule has 0 spiro atoms. The summed E-state index contributed by atoms with van der Waals surface area (Å²) < 4.78 is 40.0. The maximum atomic E-state index is 13.3. The summed E-state index contributed by atoms with van der Waals surface area (Å²) in [6.45, 7) is 1.76. The van der Waals surface area contributed by atoms with Crippen LogP contribution in [0.4, 0.5) is 15.8 Å². The number of aryl methyl sites for hydroxylation is 1. The van der Waals surface area contributed by atoms with E-state index < -0.39 is 15.8 Å². The Bertz CT molecular complexity index is 787. The van der Waals surface area contributed by atoms with E-state index in [1.165, 1.54) is 12.1 Å². The Morgan fingerprint density at radius 1 is 1.14 bits per heavy atom. The van der Waals surface area contributed by atoms with Crippen molar-refractivity contribution in [1.82, 2.24) is 0 Å². The van der Waals surface area contributed by atoms with Crippen molar-refractivity contribution < 1.29 is 12.8 Å². The second-order valence-electron chi connectivity index (χ2n) is 4.38. The summed E-state index contributed by atoms with van der Waals surface area (Å²) in [6, 6.07) is 6.62. The van der Waals surface area contributed by atoms with Crippen LogP contribution in [0.1, 0.15) is 5.56 Å². The van der Waals surface area contributed by atoms with Gasteiger partial charge in [0.1, 0.15) is 0 Å². The molecule has 2 rings (SSSR count). The Labute approximate surface area is 131 Å². The van der Waals surface area contributed by atoms with E-state index in [-0.39, 0.29) is 20.6 Å². The molecule has 4 nitrogen and oxygen atoms in total. The van der Waals surface area contributed by atoms with Crippen LogP contribution in [0.2, 0.25) is 10.0 Å². The first kappa shape index (κ1) is 15.9. The zero-order valence-electron chi connectivity index (χ0n) is 10.8. The van der Waals surface area contributed by atoms with Crippen molar-refractivity contribution in [1.29, 1.82) is 0 Å². The van der Waals surface area contributed by atoms with Crippen LogP contribution >= 0.6 is 23.2 Å². The van der Waals surface area contributed by atoms with Crippen molar-refractivity contribution in [3.8, 4) is 0 Å². The third kappa shape index (κ3) is 3.40. The number of nitrogen functional groups attached to an aromatic ring is 1. The average molecular weight is 349 g/mol. The molecule has 0 aliphatic heterocycles. The van der Waals surface area contributed by atoms with E-state index in [1.807, 2.05) is 0 Å². The van der Waals surface area contributed by atoms with Crippen LogP contribution in [-0.2, 0) is 10.0 Å². The quantitative estimate of drug-likeness (QED) is 0.654. The second-order valence-corrected chi connectivity index (χ2v) is 6.87. The maximum absolute atomic E-state index is 13.3. The Morgan fingerprint density at radius 2 is 1.71 bits per heavy atom. The first-order valence-electron chi connectivity index (χ1n) is 5.74. The zero-order chi connectivity index (χ0) is 15.8. The lowest BCUT2D eigenvalue weighted by Gasteiger charge is -2.10. The lowest BCUT2D eigenvalue weighted by molar-refractivity contribution is 0.601. The van der Waals surface area contributed by atoms with Gasteiger partial charge in [0.2, 0.25) is 0 Å². The molecule has 0 bridgehead atoms. The van der Waals surface area contributed by atoms with Crippen molar-refractivity contribution in [2.24, 2.45) is 0 Å². The molecule has 0 radical (unpaired) electrons. The van der Waals surface area contributed by atoms with Crippen LogP contribution in [0.25, 0.3) is 0 Å². The molecule has 2 aromatic carbocycles. The van der Waals surface area contributed by atoms with Crippen LogP contribution < -0.4 is 10.5 Å². The van der Waals surface area contributed by atoms with E-state index in [9.17, 15) is 12.8 Å². The number of sulfonamides is 1. The number of hydrogen-bond donors (Lipinski definition) is 2. The Balaban J connectivity index is 2.39. The number of nitrogens with two attached hydrogens (primary N) is 1. The largest absolute Gasteiger partial charge is 0.398 e. The van der Waals surface area contributed by atoms with Gasteiger partial charge in [-0.25, -0.2) is 12.8 Å². The van der Waals surface area contributed by atoms with Crippen LogP contribution in [0.15, 0.2) is 35.2 Å². The van der Waals surface area contributed by atoms with Crippen molar-refractivity contribution >= 4 is 44.6 Å². The first-order valence-corrected chi connectivity index (χ1v) is 7.98. The van der Waals surface area contributed by atoms with E-state index in [0.29, 0.717) is 5.69 Å². The molecule has 0 aromatic heterocycles. The van der Waals surface area contributed by atoms with Crippen LogP contribution in [-0.4, -0.2) is 8.42 Å². The standard InChI is InChI=1S/C13H11Cl2FN2O2S/c1-7-2-3-9(6-12(7)17)21(19,20)18-8-4-10(14)13(16)11(15)5-8/h2-6,18H,17H2,1H3. The molecule has 0 aliphatic carbocycles. The van der Waals surface area contributed by atoms with Gasteiger partial charge >= 0.3 is 0 Å². The van der Waals surface area contributed by atoms with Gasteiger partial charge < -0.3 is 5.73 Å². The second kappa shape index (κ2) is 5.71. The van der Waals surface area contributed by atoms with Crippen LogP contribution in [0.5, 0.6) is 0 Å². The summed E-state index contributed by atoms with van der Waals surface area (Å²) in [4.78, 5) is -0.0119. The third-order valence-corrected chi connectivity index (χ3v) is 4.73. The number of benzene rings is 2. The molecule has 0 heterocycles. The van der Waals surface area contributed by atoms with Gasteiger partial charge in [-0.3, -0.25) is 4.72 Å². The van der Waals surface area contributed by atoms with Crippen LogP contribution in [0, 0.1) is 12.7 Å². The van der Waals surface area contributed by atoms with Crippen LogP contribution in [0.3, 0.4) is 0 Å². The van der Waals surface area contributed by atoms with Crippen molar-refractivity contribution in [2.75, 3.05) is 10.5 Å². The molecule has 0 fully saturated rings. The highest BCUT2D eigenvalue weighted by molar-refractivity contribution is 7.92. The molecule has 0 atom stereocenters. The van der Waals surface area contributed by atoms with Gasteiger partial charge in [-0.2, -0.15) is 0 Å². The van der Waals surface area contributed by atoms with Crippen molar-refractivity contribution in [2.45, 2.75) is 11.8 Å². The highest BCUT2D eigenvalue weighted by Gasteiger charge is 2.17. The summed E-state index contributed by atoms with van der Waals surface area (Å²) in [5.74, 6) is -0.805. The van der Waals surface area contributed by atoms with Gasteiger partial charge in [-0.15, -0.1) is 0 Å². The summed E-state index contributed by atoms with van der Waals surface area (Å²) in [6.07, 6.45) is 0. The van der Waals surface area contributed by atoms with E-state index in [2.05, 4.69) is 4.72 Å². The van der Waals surface area contributed by atoms with Gasteiger partial charge in [-0.05, 0) is 36.8 Å². The van der Waals surface area contributed by atoms with Gasteiger partial charge in [-0.1, -0.05) is 29.3 Å². The fourth-order valence-electron chi connectivity index (χ4n) is 1.61.